The Morgan fingerprint density at radius 2 is 1.48 bits per heavy atom. The molecular weight excluding hydrogens is 664 g/mol. The Bertz CT molecular complexity index is 1730. The van der Waals surface area contributed by atoms with Crippen molar-refractivity contribution in [2.45, 2.75) is 53.6 Å². The van der Waals surface area contributed by atoms with Gasteiger partial charge in [0, 0.05) is 24.4 Å². The van der Waals surface area contributed by atoms with Crippen LogP contribution in [0.5, 0.6) is 0 Å². The number of nitrogens with one attached hydrogen (secondary N) is 1. The second kappa shape index (κ2) is 17.0. The van der Waals surface area contributed by atoms with Gasteiger partial charge in [0.05, 0.1) is 23.8 Å². The van der Waals surface area contributed by atoms with Gasteiger partial charge in [-0.3, -0.25) is 4.79 Å². The van der Waals surface area contributed by atoms with Gasteiger partial charge in [0.2, 0.25) is 5.91 Å². The highest BCUT2D eigenvalue weighted by Crippen LogP contribution is 2.44. The van der Waals surface area contributed by atoms with E-state index in [-0.39, 0.29) is 23.2 Å². The Morgan fingerprint density at radius 1 is 0.880 bits per heavy atom. The molecule has 6 atom stereocenters. The van der Waals surface area contributed by atoms with Crippen molar-refractivity contribution in [2.75, 3.05) is 13.2 Å². The number of thioether (sulfide) groups is 1. The van der Waals surface area contributed by atoms with E-state index in [1.54, 1.807) is 84.9 Å². The van der Waals surface area contributed by atoms with Crippen LogP contribution in [0, 0.1) is 0 Å². The highest BCUT2D eigenvalue weighted by molar-refractivity contribution is 8.00. The number of esters is 3. The summed E-state index contributed by atoms with van der Waals surface area (Å²) in [7, 11) is 0. The minimum absolute atomic E-state index is 0.0823. The first-order valence-corrected chi connectivity index (χ1v) is 16.6. The maximum atomic E-state index is 13.4. The molecule has 1 saturated heterocycles. The summed E-state index contributed by atoms with van der Waals surface area (Å²) in [5, 5.41) is 25.6. The smallest absolute Gasteiger partial charge is 0.357 e. The third kappa shape index (κ3) is 9.33. The average Bonchev–Trinajstić information content (AvgIpc) is 3.15. The SMILES string of the molecule is CC(=O)N[C@H]1[C@H]([C@H](O)[C@@H](COC(=O)c2ccccc2)OC(=O)c2ccccn2)OC(CO)(Sc2ccccc2)C[C@@H]1OC(=O)c1ccccc1. The third-order valence-electron chi connectivity index (χ3n) is 7.78. The predicted octanol–water partition coefficient (Wildman–Crippen LogP) is 3.83. The van der Waals surface area contributed by atoms with Crippen molar-refractivity contribution in [1.82, 2.24) is 10.3 Å². The number of carbonyl (C=O) groups is 4. The number of nitrogens with zero attached hydrogens (tertiary/aromatic N) is 1. The molecule has 3 N–H and O–H groups in total. The van der Waals surface area contributed by atoms with Crippen molar-refractivity contribution >= 4 is 35.6 Å². The molecule has 0 saturated carbocycles. The van der Waals surface area contributed by atoms with Crippen LogP contribution in [0.4, 0.5) is 0 Å². The fourth-order valence-electron chi connectivity index (χ4n) is 5.41. The van der Waals surface area contributed by atoms with Crippen LogP contribution >= 0.6 is 11.8 Å². The minimum Gasteiger partial charge on any atom is -0.458 e. The van der Waals surface area contributed by atoms with Crippen molar-refractivity contribution in [1.29, 1.82) is 0 Å². The first kappa shape index (κ1) is 36.2. The van der Waals surface area contributed by atoms with Gasteiger partial charge in [0.15, 0.2) is 6.10 Å². The zero-order valence-electron chi connectivity index (χ0n) is 27.0. The zero-order valence-corrected chi connectivity index (χ0v) is 27.8. The van der Waals surface area contributed by atoms with Crippen molar-refractivity contribution in [2.24, 2.45) is 0 Å². The number of hydrogen-bond donors (Lipinski definition) is 3. The summed E-state index contributed by atoms with van der Waals surface area (Å²) in [4.78, 5) is 55.3. The Balaban J connectivity index is 1.52. The molecule has 0 aliphatic carbocycles. The molecule has 4 aromatic rings. The molecule has 1 aliphatic heterocycles. The summed E-state index contributed by atoms with van der Waals surface area (Å²) in [5.74, 6) is -2.94. The molecular formula is C37H36N2O10S. The van der Waals surface area contributed by atoms with Gasteiger partial charge < -0.3 is 34.5 Å². The fraction of sp³-hybridized carbons (Fsp3) is 0.270. The second-order valence-corrected chi connectivity index (χ2v) is 12.8. The maximum Gasteiger partial charge on any atom is 0.357 e. The molecule has 13 heteroatoms. The molecule has 5 rings (SSSR count). The number of benzene rings is 3. The Labute approximate surface area is 292 Å². The van der Waals surface area contributed by atoms with Gasteiger partial charge in [0.1, 0.15) is 35.5 Å². The van der Waals surface area contributed by atoms with Crippen molar-refractivity contribution in [3.63, 3.8) is 0 Å². The molecule has 3 aromatic carbocycles. The molecule has 12 nitrogen and oxygen atoms in total. The van der Waals surface area contributed by atoms with Crippen molar-refractivity contribution in [3.8, 4) is 0 Å². The average molecular weight is 701 g/mol. The lowest BCUT2D eigenvalue weighted by Gasteiger charge is -2.49. The van der Waals surface area contributed by atoms with Gasteiger partial charge in [-0.2, -0.15) is 0 Å². The number of ether oxygens (including phenoxy) is 4. The Morgan fingerprint density at radius 3 is 2.06 bits per heavy atom. The number of hydrogen-bond acceptors (Lipinski definition) is 12. The number of carbonyl (C=O) groups excluding carboxylic acids is 4. The van der Waals surface area contributed by atoms with E-state index in [9.17, 15) is 29.4 Å². The van der Waals surface area contributed by atoms with Crippen LogP contribution in [0.25, 0.3) is 0 Å². The van der Waals surface area contributed by atoms with E-state index in [2.05, 4.69) is 10.3 Å². The van der Waals surface area contributed by atoms with Crippen molar-refractivity contribution < 1.29 is 48.3 Å². The number of pyridine rings is 1. The van der Waals surface area contributed by atoms with Gasteiger partial charge >= 0.3 is 17.9 Å². The summed E-state index contributed by atoms with van der Waals surface area (Å²) in [6.07, 6.45) is -4.78. The lowest BCUT2D eigenvalue weighted by molar-refractivity contribution is -0.200. The number of rotatable bonds is 13. The van der Waals surface area contributed by atoms with Crippen LogP contribution in [-0.4, -0.2) is 87.6 Å². The van der Waals surface area contributed by atoms with Crippen LogP contribution in [0.1, 0.15) is 44.5 Å². The lowest BCUT2D eigenvalue weighted by atomic mass is 9.89. The molecule has 1 unspecified atom stereocenters. The molecule has 50 heavy (non-hydrogen) atoms. The summed E-state index contributed by atoms with van der Waals surface area (Å²) in [5.41, 5.74) is 0.368. The standard InChI is InChI=1S/C37H36N2O10S/c1-24(41)39-31-29(47-35(44)26-15-7-3-8-16-26)21-37(23-40,50-27-17-9-4-10-18-27)49-33(31)32(42)30(48-36(45)28-19-11-12-20-38-28)22-46-34(43)25-13-5-2-6-14-25/h2-20,29-33,40,42H,21-23H2,1H3,(H,39,41)/t29-,30+,31+,32+,33+,37?/m0/s1. The van der Waals surface area contributed by atoms with E-state index in [1.165, 1.54) is 31.3 Å². The molecule has 1 fully saturated rings. The van der Waals surface area contributed by atoms with Crippen LogP contribution in [0.2, 0.25) is 0 Å². The molecule has 2 heterocycles. The van der Waals surface area contributed by atoms with E-state index in [4.69, 9.17) is 18.9 Å². The van der Waals surface area contributed by atoms with Crippen molar-refractivity contribution in [3.05, 3.63) is 132 Å². The van der Waals surface area contributed by atoms with E-state index in [0.29, 0.717) is 4.90 Å². The van der Waals surface area contributed by atoms with Crippen LogP contribution in [0.15, 0.2) is 120 Å². The summed E-state index contributed by atoms with van der Waals surface area (Å²) in [6, 6.07) is 28.6. The summed E-state index contributed by atoms with van der Waals surface area (Å²) < 4.78 is 23.7. The van der Waals surface area contributed by atoms with Crippen LogP contribution in [-0.2, 0) is 23.7 Å². The number of amides is 1. The highest BCUT2D eigenvalue weighted by Gasteiger charge is 2.54. The van der Waals surface area contributed by atoms with E-state index in [0.717, 1.165) is 11.8 Å². The topological polar surface area (TPSA) is 171 Å². The molecule has 1 aromatic heterocycles. The molecule has 1 aliphatic rings. The Kier molecular flexibility index (Phi) is 12.3. The van der Waals surface area contributed by atoms with Gasteiger partial charge in [-0.05, 0) is 48.5 Å². The number of aliphatic hydroxyl groups excluding tert-OH is 2. The van der Waals surface area contributed by atoms with Crippen LogP contribution < -0.4 is 5.32 Å². The van der Waals surface area contributed by atoms with E-state index >= 15 is 0 Å². The third-order valence-corrected chi connectivity index (χ3v) is 9.05. The van der Waals surface area contributed by atoms with E-state index < -0.39 is 72.4 Å². The normalized spacial score (nSPS) is 21.2. The van der Waals surface area contributed by atoms with Gasteiger partial charge in [-0.15, -0.1) is 0 Å². The quantitative estimate of drug-likeness (QED) is 0.136. The largest absolute Gasteiger partial charge is 0.458 e. The predicted molar refractivity (Wildman–Crippen MR) is 181 cm³/mol. The first-order valence-electron chi connectivity index (χ1n) is 15.8. The monoisotopic (exact) mass is 700 g/mol. The van der Waals surface area contributed by atoms with Gasteiger partial charge in [0.25, 0.3) is 0 Å². The first-order chi connectivity index (χ1) is 24.2. The molecule has 0 bridgehead atoms. The number of aliphatic hydroxyl groups is 2. The molecule has 260 valence electrons. The Hall–Kier alpha value is -5.08. The molecule has 0 radical (unpaired) electrons. The summed E-state index contributed by atoms with van der Waals surface area (Å²) >= 11 is 1.13. The lowest BCUT2D eigenvalue weighted by Crippen LogP contribution is -2.66. The maximum absolute atomic E-state index is 13.4. The second-order valence-electron chi connectivity index (χ2n) is 11.4. The van der Waals surface area contributed by atoms with Crippen LogP contribution in [0.3, 0.4) is 0 Å². The minimum atomic E-state index is -1.82. The molecule has 0 spiro atoms. The van der Waals surface area contributed by atoms with E-state index in [1.807, 2.05) is 6.07 Å². The van der Waals surface area contributed by atoms with Gasteiger partial charge in [-0.1, -0.05) is 72.4 Å². The van der Waals surface area contributed by atoms with Gasteiger partial charge in [-0.25, -0.2) is 19.4 Å². The number of aromatic nitrogens is 1. The fourth-order valence-corrected chi connectivity index (χ4v) is 6.61. The highest BCUT2D eigenvalue weighted by atomic mass is 32.2. The summed E-state index contributed by atoms with van der Waals surface area (Å²) in [6.45, 7) is 0.00222. The zero-order chi connectivity index (χ0) is 35.5. The molecule has 1 amide bonds.